The van der Waals surface area contributed by atoms with E-state index >= 15 is 0 Å². The molecule has 0 saturated heterocycles. The molecule has 5 aromatic rings. The van der Waals surface area contributed by atoms with Crippen LogP contribution in [0.5, 0.6) is 0 Å². The van der Waals surface area contributed by atoms with Gasteiger partial charge in [-0.25, -0.2) is 14.6 Å². The molecule has 0 bridgehead atoms. The van der Waals surface area contributed by atoms with Gasteiger partial charge >= 0.3 is 18.0 Å². The SMILES string of the molecule is CN(C(=O)O)c1ccccc1C#N.O=c1[nH]c2ccccc2c2nc(-c3ccc(C(F)(F)F)cc3)nn12. The van der Waals surface area contributed by atoms with Gasteiger partial charge in [-0.15, -0.1) is 5.10 Å². The number of carbonyl (C=O) groups is 1. The first-order chi connectivity index (χ1) is 17.6. The number of aromatic nitrogens is 4. The van der Waals surface area contributed by atoms with Crippen LogP contribution < -0.4 is 10.6 Å². The van der Waals surface area contributed by atoms with Gasteiger partial charge in [-0.1, -0.05) is 36.4 Å². The summed E-state index contributed by atoms with van der Waals surface area (Å²) in [5.41, 5.74) is 0.901. The summed E-state index contributed by atoms with van der Waals surface area (Å²) in [5.74, 6) is 0.186. The highest BCUT2D eigenvalue weighted by Crippen LogP contribution is 2.30. The Bertz CT molecular complexity index is 1700. The number of benzene rings is 3. The molecule has 0 aliphatic rings. The fourth-order valence-electron chi connectivity index (χ4n) is 3.48. The molecule has 3 aromatic carbocycles. The fourth-order valence-corrected chi connectivity index (χ4v) is 3.48. The lowest BCUT2D eigenvalue weighted by Gasteiger charge is -2.13. The molecule has 12 heteroatoms. The van der Waals surface area contributed by atoms with E-state index < -0.39 is 23.5 Å². The Morgan fingerprint density at radius 3 is 2.35 bits per heavy atom. The minimum atomic E-state index is -4.40. The van der Waals surface area contributed by atoms with E-state index in [1.165, 1.54) is 19.2 Å². The molecule has 5 rings (SSSR count). The van der Waals surface area contributed by atoms with Gasteiger partial charge in [0, 0.05) is 18.0 Å². The number of fused-ring (bicyclic) bond motifs is 3. The van der Waals surface area contributed by atoms with Gasteiger partial charge in [-0.05, 0) is 36.4 Å². The number of amides is 1. The largest absolute Gasteiger partial charge is 0.465 e. The van der Waals surface area contributed by atoms with E-state index in [4.69, 9.17) is 10.4 Å². The summed E-state index contributed by atoms with van der Waals surface area (Å²) < 4.78 is 39.0. The molecule has 0 atom stereocenters. The number of rotatable bonds is 2. The minimum Gasteiger partial charge on any atom is -0.465 e. The summed E-state index contributed by atoms with van der Waals surface area (Å²) in [7, 11) is 1.40. The molecule has 37 heavy (non-hydrogen) atoms. The quantitative estimate of drug-likeness (QED) is 0.350. The number of alkyl halides is 3. The third kappa shape index (κ3) is 5.10. The van der Waals surface area contributed by atoms with E-state index in [-0.39, 0.29) is 5.82 Å². The van der Waals surface area contributed by atoms with E-state index in [2.05, 4.69) is 15.1 Å². The van der Waals surface area contributed by atoms with Gasteiger partial charge in [0.2, 0.25) is 0 Å². The fraction of sp³-hybridized carbons (Fsp3) is 0.0800. The first-order valence-electron chi connectivity index (χ1n) is 10.6. The number of nitrogens with one attached hydrogen (secondary N) is 1. The molecule has 0 spiro atoms. The van der Waals surface area contributed by atoms with Crippen LogP contribution in [0.25, 0.3) is 27.9 Å². The summed E-state index contributed by atoms with van der Waals surface area (Å²) in [5, 5.41) is 22.2. The Morgan fingerprint density at radius 2 is 1.70 bits per heavy atom. The number of hydrogen-bond donors (Lipinski definition) is 2. The van der Waals surface area contributed by atoms with Gasteiger partial charge in [-0.3, -0.25) is 4.90 Å². The van der Waals surface area contributed by atoms with Crippen molar-refractivity contribution in [2.75, 3.05) is 11.9 Å². The van der Waals surface area contributed by atoms with E-state index in [9.17, 15) is 22.8 Å². The number of aromatic amines is 1. The monoisotopic (exact) mass is 506 g/mol. The highest BCUT2D eigenvalue weighted by Gasteiger charge is 2.30. The summed E-state index contributed by atoms with van der Waals surface area (Å²) in [6.07, 6.45) is -5.49. The third-order valence-electron chi connectivity index (χ3n) is 5.35. The number of hydrogen-bond acceptors (Lipinski definition) is 5. The molecular weight excluding hydrogens is 489 g/mol. The van der Waals surface area contributed by atoms with Crippen LogP contribution in [-0.2, 0) is 6.18 Å². The average molecular weight is 506 g/mol. The Hall–Kier alpha value is -5.18. The van der Waals surface area contributed by atoms with Gasteiger partial charge in [0.05, 0.1) is 22.3 Å². The number of para-hydroxylation sites is 2. The first-order valence-corrected chi connectivity index (χ1v) is 10.6. The van der Waals surface area contributed by atoms with Crippen LogP contribution in [0.1, 0.15) is 11.1 Å². The van der Waals surface area contributed by atoms with Crippen molar-refractivity contribution in [3.8, 4) is 17.5 Å². The number of H-pyrrole nitrogens is 1. The summed E-state index contributed by atoms with van der Waals surface area (Å²) in [4.78, 5) is 30.7. The number of nitrogens with zero attached hydrogens (tertiary/aromatic N) is 5. The molecule has 2 heterocycles. The van der Waals surface area contributed by atoms with Gasteiger partial charge in [0.1, 0.15) is 6.07 Å². The summed E-state index contributed by atoms with van der Waals surface area (Å²) in [6, 6.07) is 20.1. The average Bonchev–Trinajstić information content (AvgIpc) is 3.35. The Morgan fingerprint density at radius 1 is 1.05 bits per heavy atom. The van der Waals surface area contributed by atoms with Crippen LogP contribution in [0.3, 0.4) is 0 Å². The van der Waals surface area contributed by atoms with Gasteiger partial charge < -0.3 is 10.1 Å². The maximum atomic E-state index is 12.6. The van der Waals surface area contributed by atoms with E-state index in [0.717, 1.165) is 21.5 Å². The molecular formula is C25H17F3N6O3. The molecule has 0 fully saturated rings. The molecule has 1 amide bonds. The topological polar surface area (TPSA) is 127 Å². The van der Waals surface area contributed by atoms with Crippen molar-refractivity contribution in [1.29, 1.82) is 5.26 Å². The maximum Gasteiger partial charge on any atom is 0.416 e. The summed E-state index contributed by atoms with van der Waals surface area (Å²) in [6.45, 7) is 0. The van der Waals surface area contributed by atoms with Crippen molar-refractivity contribution in [2.24, 2.45) is 0 Å². The van der Waals surface area contributed by atoms with Crippen LogP contribution in [0.2, 0.25) is 0 Å². The second-order valence-electron chi connectivity index (χ2n) is 7.69. The third-order valence-corrected chi connectivity index (χ3v) is 5.35. The van der Waals surface area contributed by atoms with E-state index in [0.29, 0.717) is 33.4 Å². The van der Waals surface area contributed by atoms with Gasteiger partial charge in [0.15, 0.2) is 11.5 Å². The van der Waals surface area contributed by atoms with E-state index in [1.807, 2.05) is 6.07 Å². The van der Waals surface area contributed by atoms with Crippen molar-refractivity contribution >= 4 is 28.3 Å². The van der Waals surface area contributed by atoms with Crippen LogP contribution in [-0.4, -0.2) is 37.8 Å². The van der Waals surface area contributed by atoms with Crippen molar-refractivity contribution < 1.29 is 23.1 Å². The predicted molar refractivity (Wildman–Crippen MR) is 129 cm³/mol. The normalized spacial score (nSPS) is 11.0. The number of halogens is 3. The zero-order valence-electron chi connectivity index (χ0n) is 19.1. The number of carboxylic acid groups (broad SMARTS) is 1. The number of anilines is 1. The second kappa shape index (κ2) is 9.82. The summed E-state index contributed by atoms with van der Waals surface area (Å²) >= 11 is 0. The Kier molecular flexibility index (Phi) is 6.62. The lowest BCUT2D eigenvalue weighted by atomic mass is 10.1. The zero-order valence-corrected chi connectivity index (χ0v) is 19.1. The lowest BCUT2D eigenvalue weighted by Crippen LogP contribution is -2.24. The van der Waals surface area contributed by atoms with Crippen LogP contribution in [0.4, 0.5) is 23.7 Å². The van der Waals surface area contributed by atoms with Crippen LogP contribution >= 0.6 is 0 Å². The van der Waals surface area contributed by atoms with Crippen molar-refractivity contribution in [3.05, 3.63) is 94.4 Å². The zero-order chi connectivity index (χ0) is 26.7. The molecule has 9 nitrogen and oxygen atoms in total. The second-order valence-corrected chi connectivity index (χ2v) is 7.69. The molecule has 0 radical (unpaired) electrons. The van der Waals surface area contributed by atoms with Crippen molar-refractivity contribution in [1.82, 2.24) is 19.6 Å². The van der Waals surface area contributed by atoms with E-state index in [1.54, 1.807) is 48.5 Å². The lowest BCUT2D eigenvalue weighted by molar-refractivity contribution is -0.137. The Balaban J connectivity index is 0.000000209. The van der Waals surface area contributed by atoms with Crippen molar-refractivity contribution in [2.45, 2.75) is 6.18 Å². The molecule has 0 aliphatic heterocycles. The van der Waals surface area contributed by atoms with Gasteiger partial charge in [-0.2, -0.15) is 22.9 Å². The first kappa shape index (κ1) is 24.9. The van der Waals surface area contributed by atoms with Crippen LogP contribution in [0.15, 0.2) is 77.6 Å². The maximum absolute atomic E-state index is 12.6. The molecule has 0 unspecified atom stereocenters. The van der Waals surface area contributed by atoms with Crippen molar-refractivity contribution in [3.63, 3.8) is 0 Å². The Labute approximate surface area is 206 Å². The molecule has 0 aliphatic carbocycles. The molecule has 2 N–H and O–H groups in total. The minimum absolute atomic E-state index is 0.186. The van der Waals surface area contributed by atoms with Crippen LogP contribution in [0, 0.1) is 11.3 Å². The predicted octanol–water partition coefficient (Wildman–Crippen LogP) is 4.93. The standard InChI is InChI=1S/C16H9F3N4O.C9H8N2O2/c17-16(18,19)10-7-5-9(6-8-10)13-21-14-11-3-1-2-4-12(11)20-15(24)23(14)22-13;1-11(9(12)13)8-5-3-2-4-7(8)6-10/h1-8H,(H,20,24);2-5H,1H3,(H,12,13). The van der Waals surface area contributed by atoms with Gasteiger partial charge in [0.25, 0.3) is 0 Å². The smallest absolute Gasteiger partial charge is 0.416 e. The highest BCUT2D eigenvalue weighted by molar-refractivity contribution is 5.91. The number of nitriles is 1. The molecule has 186 valence electrons. The highest BCUT2D eigenvalue weighted by atomic mass is 19.4. The molecule has 2 aromatic heterocycles. The molecule has 0 saturated carbocycles.